The molecule has 4 rings (SSSR count). The Kier molecular flexibility index (Phi) is 6.30. The second-order valence-electron chi connectivity index (χ2n) is 6.97. The van der Waals surface area contributed by atoms with Gasteiger partial charge in [0.1, 0.15) is 9.88 Å². The lowest BCUT2D eigenvalue weighted by atomic mass is 10.2. The summed E-state index contributed by atoms with van der Waals surface area (Å²) < 4.78 is 0. The Labute approximate surface area is 184 Å². The molecule has 0 aliphatic carbocycles. The molecule has 0 spiro atoms. The summed E-state index contributed by atoms with van der Waals surface area (Å²) in [5.41, 5.74) is 1.70. The zero-order valence-electron chi connectivity index (χ0n) is 16.3. The molecule has 0 bridgehead atoms. The van der Waals surface area contributed by atoms with E-state index in [0.717, 1.165) is 17.0 Å². The fraction of sp³-hybridized carbons (Fsp3) is 0.227. The highest BCUT2D eigenvalue weighted by atomic mass is 35.5. The lowest BCUT2D eigenvalue weighted by Crippen LogP contribution is -2.39. The number of anilines is 1. The van der Waals surface area contributed by atoms with Crippen LogP contribution in [0.2, 0.25) is 5.02 Å². The van der Waals surface area contributed by atoms with Crippen LogP contribution in [0.1, 0.15) is 16.1 Å². The summed E-state index contributed by atoms with van der Waals surface area (Å²) in [4.78, 5) is 34.1. The Bertz CT molecular complexity index is 1020. The average molecular weight is 441 g/mol. The molecule has 0 atom stereocenters. The van der Waals surface area contributed by atoms with E-state index in [9.17, 15) is 9.59 Å². The van der Waals surface area contributed by atoms with Crippen LogP contribution in [0.3, 0.4) is 0 Å². The van der Waals surface area contributed by atoms with Gasteiger partial charge >= 0.3 is 6.03 Å². The lowest BCUT2D eigenvalue weighted by Gasteiger charge is -2.22. The topological polar surface area (TPSA) is 65.5 Å². The van der Waals surface area contributed by atoms with Gasteiger partial charge in [-0.3, -0.25) is 4.79 Å². The van der Waals surface area contributed by atoms with Crippen molar-refractivity contribution in [2.75, 3.05) is 31.5 Å². The molecule has 3 aromatic rings. The maximum absolute atomic E-state index is 13.0. The molecule has 30 heavy (non-hydrogen) atoms. The molecule has 6 nitrogen and oxygen atoms in total. The van der Waals surface area contributed by atoms with Crippen LogP contribution < -0.4 is 5.32 Å². The minimum atomic E-state index is -0.171. The number of urea groups is 1. The summed E-state index contributed by atoms with van der Waals surface area (Å²) in [5.74, 6) is -0.0327. The van der Waals surface area contributed by atoms with Crippen LogP contribution in [0.15, 0.2) is 60.8 Å². The van der Waals surface area contributed by atoms with Gasteiger partial charge in [0.25, 0.3) is 5.91 Å². The molecular weight excluding hydrogens is 420 g/mol. The van der Waals surface area contributed by atoms with Gasteiger partial charge in [0.15, 0.2) is 0 Å². The van der Waals surface area contributed by atoms with Crippen molar-refractivity contribution in [2.45, 2.75) is 6.42 Å². The number of carbonyl (C=O) groups is 2. The Balaban J connectivity index is 1.37. The van der Waals surface area contributed by atoms with E-state index in [1.165, 1.54) is 11.3 Å². The van der Waals surface area contributed by atoms with Crippen LogP contribution in [-0.2, 0) is 0 Å². The van der Waals surface area contributed by atoms with Crippen LogP contribution in [-0.4, -0.2) is 52.9 Å². The molecule has 1 saturated heterocycles. The van der Waals surface area contributed by atoms with Crippen molar-refractivity contribution < 1.29 is 9.59 Å². The fourth-order valence-electron chi connectivity index (χ4n) is 3.30. The van der Waals surface area contributed by atoms with E-state index in [1.807, 2.05) is 30.3 Å². The number of thiazole rings is 1. The zero-order valence-corrected chi connectivity index (χ0v) is 17.8. The van der Waals surface area contributed by atoms with Crippen molar-refractivity contribution in [3.05, 3.63) is 70.7 Å². The van der Waals surface area contributed by atoms with E-state index in [-0.39, 0.29) is 11.9 Å². The van der Waals surface area contributed by atoms with Crippen LogP contribution in [0, 0.1) is 0 Å². The van der Waals surface area contributed by atoms with Gasteiger partial charge in [0.05, 0.1) is 6.20 Å². The van der Waals surface area contributed by atoms with E-state index < -0.39 is 0 Å². The van der Waals surface area contributed by atoms with Gasteiger partial charge in [-0.15, -0.1) is 11.3 Å². The first-order valence-corrected chi connectivity index (χ1v) is 10.9. The quantitative estimate of drug-likeness (QED) is 0.633. The summed E-state index contributed by atoms with van der Waals surface area (Å²) in [5, 5.41) is 4.33. The molecule has 0 radical (unpaired) electrons. The third kappa shape index (κ3) is 4.80. The first-order valence-electron chi connectivity index (χ1n) is 9.72. The SMILES string of the molecule is O=C(Nc1ccc(Cl)cc1)N1CCCN(C(=O)c2cnc(-c3ccccc3)s2)CC1. The third-order valence-electron chi connectivity index (χ3n) is 4.90. The van der Waals surface area contributed by atoms with E-state index in [0.29, 0.717) is 41.8 Å². The summed E-state index contributed by atoms with van der Waals surface area (Å²) in [7, 11) is 0. The van der Waals surface area contributed by atoms with Gasteiger partial charge in [-0.1, -0.05) is 41.9 Å². The number of nitrogens with zero attached hydrogens (tertiary/aromatic N) is 3. The first kappa shape index (κ1) is 20.4. The second-order valence-corrected chi connectivity index (χ2v) is 8.43. The molecular formula is C22H21ClN4O2S. The van der Waals surface area contributed by atoms with Crippen LogP contribution in [0.4, 0.5) is 10.5 Å². The standard InChI is InChI=1S/C22H21ClN4O2S/c23-17-7-9-18(10-8-17)25-22(29)27-12-4-11-26(13-14-27)21(28)19-15-24-20(30-19)16-5-2-1-3-6-16/h1-3,5-10,15H,4,11-14H2,(H,25,29). The molecule has 1 aromatic heterocycles. The summed E-state index contributed by atoms with van der Waals surface area (Å²) in [6.07, 6.45) is 2.37. The second kappa shape index (κ2) is 9.28. The number of benzene rings is 2. The minimum absolute atomic E-state index is 0.0327. The van der Waals surface area contributed by atoms with Gasteiger partial charge in [0.2, 0.25) is 0 Å². The highest BCUT2D eigenvalue weighted by Crippen LogP contribution is 2.26. The number of hydrogen-bond acceptors (Lipinski definition) is 4. The van der Waals surface area contributed by atoms with Crippen molar-refractivity contribution in [3.8, 4) is 10.6 Å². The monoisotopic (exact) mass is 440 g/mol. The molecule has 1 aliphatic heterocycles. The molecule has 0 unspecified atom stereocenters. The summed E-state index contributed by atoms with van der Waals surface area (Å²) in [6.45, 7) is 2.18. The molecule has 1 N–H and O–H groups in total. The maximum atomic E-state index is 13.0. The van der Waals surface area contributed by atoms with Crippen LogP contribution in [0.25, 0.3) is 10.6 Å². The number of halogens is 1. The Morgan fingerprint density at radius 3 is 2.40 bits per heavy atom. The highest BCUT2D eigenvalue weighted by Gasteiger charge is 2.24. The molecule has 1 aliphatic rings. The molecule has 8 heteroatoms. The smallest absolute Gasteiger partial charge is 0.321 e. The largest absolute Gasteiger partial charge is 0.336 e. The van der Waals surface area contributed by atoms with E-state index in [1.54, 1.807) is 40.3 Å². The normalized spacial score (nSPS) is 14.3. The van der Waals surface area contributed by atoms with Crippen LogP contribution in [0.5, 0.6) is 0 Å². The van der Waals surface area contributed by atoms with Crippen molar-refractivity contribution in [3.63, 3.8) is 0 Å². The number of nitrogens with one attached hydrogen (secondary N) is 1. The van der Waals surface area contributed by atoms with Gasteiger partial charge in [-0.05, 0) is 30.7 Å². The first-order chi connectivity index (χ1) is 14.6. The number of rotatable bonds is 3. The van der Waals surface area contributed by atoms with Crippen molar-refractivity contribution in [2.24, 2.45) is 0 Å². The predicted octanol–water partition coefficient (Wildman–Crippen LogP) is 4.84. The Hall–Kier alpha value is -2.90. The van der Waals surface area contributed by atoms with Crippen molar-refractivity contribution in [1.29, 1.82) is 0 Å². The summed E-state index contributed by atoms with van der Waals surface area (Å²) >= 11 is 7.29. The number of aromatic nitrogens is 1. The number of amides is 3. The van der Waals surface area contributed by atoms with Crippen molar-refractivity contribution in [1.82, 2.24) is 14.8 Å². The van der Waals surface area contributed by atoms with Gasteiger partial charge < -0.3 is 15.1 Å². The third-order valence-corrected chi connectivity index (χ3v) is 6.19. The predicted molar refractivity (Wildman–Crippen MR) is 120 cm³/mol. The number of carbonyl (C=O) groups excluding carboxylic acids is 2. The molecule has 2 heterocycles. The fourth-order valence-corrected chi connectivity index (χ4v) is 4.32. The molecule has 154 valence electrons. The van der Waals surface area contributed by atoms with E-state index in [2.05, 4.69) is 10.3 Å². The molecule has 2 aromatic carbocycles. The Morgan fingerprint density at radius 1 is 0.933 bits per heavy atom. The maximum Gasteiger partial charge on any atom is 0.321 e. The van der Waals surface area contributed by atoms with Gasteiger partial charge in [-0.2, -0.15) is 0 Å². The molecule has 3 amide bonds. The van der Waals surface area contributed by atoms with Crippen LogP contribution >= 0.6 is 22.9 Å². The summed E-state index contributed by atoms with van der Waals surface area (Å²) in [6, 6.07) is 16.7. The van der Waals surface area contributed by atoms with E-state index >= 15 is 0 Å². The zero-order chi connectivity index (χ0) is 20.9. The molecule has 0 saturated carbocycles. The minimum Gasteiger partial charge on any atom is -0.336 e. The highest BCUT2D eigenvalue weighted by molar-refractivity contribution is 7.16. The van der Waals surface area contributed by atoms with Gasteiger partial charge in [-0.25, -0.2) is 9.78 Å². The number of hydrogen-bond donors (Lipinski definition) is 1. The van der Waals surface area contributed by atoms with E-state index in [4.69, 9.17) is 11.6 Å². The average Bonchev–Trinajstić information content (AvgIpc) is 3.13. The Morgan fingerprint density at radius 2 is 1.63 bits per heavy atom. The molecule has 1 fully saturated rings. The van der Waals surface area contributed by atoms with Crippen molar-refractivity contribution >= 4 is 40.6 Å². The lowest BCUT2D eigenvalue weighted by molar-refractivity contribution is 0.0767. The van der Waals surface area contributed by atoms with Gasteiger partial charge in [0, 0.05) is 42.5 Å².